The first-order valence-corrected chi connectivity index (χ1v) is 5.27. The number of Topliss-reactive ketones (excluding diaryl/α,β-unsaturated/α-hetero) is 1. The van der Waals surface area contributed by atoms with Crippen LogP contribution in [0.4, 0.5) is 0 Å². The number of nitrogens with zero attached hydrogens (tertiary/aromatic N) is 1. The highest BCUT2D eigenvalue weighted by Gasteiger charge is 2.26. The molecule has 3 heteroatoms. The Hall–Kier alpha value is -1.22. The van der Waals surface area contributed by atoms with Crippen LogP contribution in [0.25, 0.3) is 0 Å². The lowest BCUT2D eigenvalue weighted by atomic mass is 9.89. The second-order valence-corrected chi connectivity index (χ2v) is 4.13. The number of hydrogen-bond donors (Lipinski definition) is 1. The van der Waals surface area contributed by atoms with E-state index in [1.54, 1.807) is 19.3 Å². The van der Waals surface area contributed by atoms with Crippen molar-refractivity contribution in [3.63, 3.8) is 0 Å². The molecule has 82 valence electrons. The summed E-state index contributed by atoms with van der Waals surface area (Å²) in [6.45, 7) is 3.83. The highest BCUT2D eigenvalue weighted by atomic mass is 16.1. The molecule has 0 radical (unpaired) electrons. The summed E-state index contributed by atoms with van der Waals surface area (Å²) in [5.41, 5.74) is 6.17. The molecule has 0 saturated carbocycles. The Kier molecular flexibility index (Phi) is 3.97. The van der Waals surface area contributed by atoms with Crippen molar-refractivity contribution < 1.29 is 4.79 Å². The summed E-state index contributed by atoms with van der Waals surface area (Å²) in [6.07, 6.45) is 5.43. The van der Waals surface area contributed by atoms with Gasteiger partial charge in [0.15, 0.2) is 5.78 Å². The first kappa shape index (κ1) is 11.9. The van der Waals surface area contributed by atoms with Gasteiger partial charge in [0.25, 0.3) is 0 Å². The van der Waals surface area contributed by atoms with Crippen LogP contribution in [0.3, 0.4) is 0 Å². The maximum Gasteiger partial charge on any atom is 0.156 e. The van der Waals surface area contributed by atoms with E-state index in [-0.39, 0.29) is 5.78 Å². The second kappa shape index (κ2) is 5.03. The van der Waals surface area contributed by atoms with E-state index < -0.39 is 5.54 Å². The SMILES string of the molecule is CCCC(C)(N)C(=O)Cc1cccnc1. The summed E-state index contributed by atoms with van der Waals surface area (Å²) in [5, 5.41) is 0. The average molecular weight is 206 g/mol. The molecule has 1 aromatic rings. The molecule has 0 aromatic carbocycles. The van der Waals surface area contributed by atoms with Gasteiger partial charge < -0.3 is 5.73 Å². The largest absolute Gasteiger partial charge is 0.319 e. The van der Waals surface area contributed by atoms with Crippen LogP contribution in [-0.2, 0) is 11.2 Å². The van der Waals surface area contributed by atoms with Gasteiger partial charge in [-0.3, -0.25) is 9.78 Å². The molecule has 0 spiro atoms. The van der Waals surface area contributed by atoms with Gasteiger partial charge in [-0.15, -0.1) is 0 Å². The molecule has 0 aliphatic rings. The van der Waals surface area contributed by atoms with Gasteiger partial charge in [-0.25, -0.2) is 0 Å². The van der Waals surface area contributed by atoms with Gasteiger partial charge >= 0.3 is 0 Å². The Bertz CT molecular complexity index is 320. The molecule has 1 atom stereocenters. The van der Waals surface area contributed by atoms with E-state index in [4.69, 9.17) is 5.73 Å². The number of carbonyl (C=O) groups excluding carboxylic acids is 1. The minimum absolute atomic E-state index is 0.0809. The molecule has 3 nitrogen and oxygen atoms in total. The smallest absolute Gasteiger partial charge is 0.156 e. The zero-order valence-corrected chi connectivity index (χ0v) is 9.36. The quantitative estimate of drug-likeness (QED) is 0.798. The van der Waals surface area contributed by atoms with Gasteiger partial charge in [0.2, 0.25) is 0 Å². The molecule has 15 heavy (non-hydrogen) atoms. The summed E-state index contributed by atoms with van der Waals surface area (Å²) in [4.78, 5) is 15.8. The van der Waals surface area contributed by atoms with Crippen molar-refractivity contribution in [1.29, 1.82) is 0 Å². The molecular weight excluding hydrogens is 188 g/mol. The normalized spacial score (nSPS) is 14.6. The number of carbonyl (C=O) groups is 1. The first-order chi connectivity index (χ1) is 7.06. The van der Waals surface area contributed by atoms with Crippen LogP contribution in [0.15, 0.2) is 24.5 Å². The van der Waals surface area contributed by atoms with Crippen molar-refractivity contribution in [3.05, 3.63) is 30.1 Å². The molecule has 0 aliphatic carbocycles. The van der Waals surface area contributed by atoms with Crippen molar-refractivity contribution in [2.75, 3.05) is 0 Å². The predicted molar refractivity (Wildman–Crippen MR) is 60.4 cm³/mol. The van der Waals surface area contributed by atoms with Crippen molar-refractivity contribution in [2.45, 2.75) is 38.6 Å². The molecule has 1 unspecified atom stereocenters. The lowest BCUT2D eigenvalue weighted by molar-refractivity contribution is -0.123. The van der Waals surface area contributed by atoms with Crippen LogP contribution >= 0.6 is 0 Å². The van der Waals surface area contributed by atoms with Gasteiger partial charge in [-0.2, -0.15) is 0 Å². The molecule has 0 fully saturated rings. The molecule has 2 N–H and O–H groups in total. The molecule has 1 aromatic heterocycles. The van der Waals surface area contributed by atoms with Gasteiger partial charge in [0, 0.05) is 18.8 Å². The number of rotatable bonds is 5. The van der Waals surface area contributed by atoms with E-state index in [0.29, 0.717) is 6.42 Å². The number of nitrogens with two attached hydrogens (primary N) is 1. The van der Waals surface area contributed by atoms with Crippen LogP contribution in [0.5, 0.6) is 0 Å². The summed E-state index contributed by atoms with van der Waals surface area (Å²) in [6, 6.07) is 3.73. The average Bonchev–Trinajstić information content (AvgIpc) is 2.19. The maximum absolute atomic E-state index is 11.9. The highest BCUT2D eigenvalue weighted by Crippen LogP contribution is 2.13. The van der Waals surface area contributed by atoms with Crippen LogP contribution in [-0.4, -0.2) is 16.3 Å². The molecular formula is C12H18N2O. The minimum Gasteiger partial charge on any atom is -0.319 e. The Morgan fingerprint density at radius 1 is 1.60 bits per heavy atom. The number of hydrogen-bond acceptors (Lipinski definition) is 3. The van der Waals surface area contributed by atoms with E-state index in [9.17, 15) is 4.79 Å². The van der Waals surface area contributed by atoms with Crippen molar-refractivity contribution >= 4 is 5.78 Å². The van der Waals surface area contributed by atoms with E-state index >= 15 is 0 Å². The van der Waals surface area contributed by atoms with Crippen LogP contribution in [0.1, 0.15) is 32.3 Å². The summed E-state index contributed by atoms with van der Waals surface area (Å²) < 4.78 is 0. The second-order valence-electron chi connectivity index (χ2n) is 4.13. The third-order valence-corrected chi connectivity index (χ3v) is 2.49. The fraction of sp³-hybridized carbons (Fsp3) is 0.500. The standard InChI is InChI=1S/C12H18N2O/c1-3-6-12(2,13)11(15)8-10-5-4-7-14-9-10/h4-5,7,9H,3,6,8,13H2,1-2H3. The minimum atomic E-state index is -0.704. The van der Waals surface area contributed by atoms with Gasteiger partial charge in [0.05, 0.1) is 5.54 Å². The van der Waals surface area contributed by atoms with E-state index in [1.165, 1.54) is 0 Å². The highest BCUT2D eigenvalue weighted by molar-refractivity contribution is 5.89. The lowest BCUT2D eigenvalue weighted by Gasteiger charge is -2.22. The molecule has 0 aliphatic heterocycles. The topological polar surface area (TPSA) is 56.0 Å². The zero-order valence-electron chi connectivity index (χ0n) is 9.36. The molecule has 1 heterocycles. The van der Waals surface area contributed by atoms with Crippen LogP contribution < -0.4 is 5.73 Å². The van der Waals surface area contributed by atoms with Crippen molar-refractivity contribution in [2.24, 2.45) is 5.73 Å². The summed E-state index contributed by atoms with van der Waals surface area (Å²) in [5.74, 6) is 0.0809. The monoisotopic (exact) mass is 206 g/mol. The van der Waals surface area contributed by atoms with Crippen molar-refractivity contribution in [1.82, 2.24) is 4.98 Å². The fourth-order valence-electron chi connectivity index (χ4n) is 1.55. The molecule has 1 rings (SSSR count). The molecule has 0 amide bonds. The number of ketones is 1. The van der Waals surface area contributed by atoms with Gasteiger partial charge in [-0.1, -0.05) is 19.4 Å². The Balaban J connectivity index is 2.63. The van der Waals surface area contributed by atoms with Crippen LogP contribution in [0, 0.1) is 0 Å². The van der Waals surface area contributed by atoms with E-state index in [1.807, 2.05) is 19.1 Å². The Morgan fingerprint density at radius 2 is 2.33 bits per heavy atom. The van der Waals surface area contributed by atoms with Crippen LogP contribution in [0.2, 0.25) is 0 Å². The third-order valence-electron chi connectivity index (χ3n) is 2.49. The Labute approximate surface area is 90.7 Å². The number of aromatic nitrogens is 1. The zero-order chi connectivity index (χ0) is 11.3. The number of pyridine rings is 1. The van der Waals surface area contributed by atoms with Gasteiger partial charge in [-0.05, 0) is 25.0 Å². The third kappa shape index (κ3) is 3.44. The van der Waals surface area contributed by atoms with E-state index in [2.05, 4.69) is 4.98 Å². The Morgan fingerprint density at radius 3 is 2.87 bits per heavy atom. The van der Waals surface area contributed by atoms with Gasteiger partial charge in [0.1, 0.15) is 0 Å². The molecule has 0 saturated heterocycles. The summed E-state index contributed by atoms with van der Waals surface area (Å²) >= 11 is 0. The molecule has 0 bridgehead atoms. The maximum atomic E-state index is 11.9. The first-order valence-electron chi connectivity index (χ1n) is 5.27. The van der Waals surface area contributed by atoms with E-state index in [0.717, 1.165) is 18.4 Å². The fourth-order valence-corrected chi connectivity index (χ4v) is 1.55. The lowest BCUT2D eigenvalue weighted by Crippen LogP contribution is -2.45. The predicted octanol–water partition coefficient (Wildman–Crippen LogP) is 1.71. The van der Waals surface area contributed by atoms with Crippen molar-refractivity contribution in [3.8, 4) is 0 Å². The summed E-state index contributed by atoms with van der Waals surface area (Å²) in [7, 11) is 0.